The first-order chi connectivity index (χ1) is 12.8. The number of hydrogen-bond acceptors (Lipinski definition) is 7. The van der Waals surface area contributed by atoms with Crippen molar-refractivity contribution in [2.75, 3.05) is 19.9 Å². The monoisotopic (exact) mass is 399 g/mol. The number of methoxy groups -OCH3 is 1. The van der Waals surface area contributed by atoms with Crippen LogP contribution in [0, 0.1) is 0 Å². The number of esters is 2. The molecular formula is C17H22NO8P. The van der Waals surface area contributed by atoms with Gasteiger partial charge in [-0.2, -0.15) is 0 Å². The molecule has 2 unspecified atom stereocenters. The van der Waals surface area contributed by atoms with Gasteiger partial charge in [0.25, 0.3) is 0 Å². The molecule has 1 heterocycles. The fourth-order valence-corrected chi connectivity index (χ4v) is 4.29. The maximum absolute atomic E-state index is 12.4. The number of benzene rings is 1. The number of amides is 1. The Kier molecular flexibility index (Phi) is 7.38. The van der Waals surface area contributed by atoms with Crippen molar-refractivity contribution in [3.63, 3.8) is 0 Å². The third-order valence-corrected chi connectivity index (χ3v) is 6.51. The van der Waals surface area contributed by atoms with Crippen LogP contribution >= 0.6 is 7.37 Å². The van der Waals surface area contributed by atoms with Gasteiger partial charge in [0, 0.05) is 6.16 Å². The molecule has 0 bridgehead atoms. The van der Waals surface area contributed by atoms with Crippen molar-refractivity contribution in [1.82, 2.24) is 5.32 Å². The summed E-state index contributed by atoms with van der Waals surface area (Å²) in [5.41, 5.74) is -0.0265. The molecule has 1 amide bonds. The molecule has 1 aromatic rings. The Bertz CT molecular complexity index is 723. The van der Waals surface area contributed by atoms with Gasteiger partial charge in [-0.05, 0) is 12.0 Å². The summed E-state index contributed by atoms with van der Waals surface area (Å²) in [6.07, 6.45) is -1.39. The first-order valence-corrected chi connectivity index (χ1v) is 10.3. The smallest absolute Gasteiger partial charge is 0.408 e. The predicted octanol–water partition coefficient (Wildman–Crippen LogP) is 1.43. The normalized spacial score (nSPS) is 19.5. The Morgan fingerprint density at radius 1 is 1.37 bits per heavy atom. The van der Waals surface area contributed by atoms with Gasteiger partial charge >= 0.3 is 18.0 Å². The molecule has 3 atom stereocenters. The van der Waals surface area contributed by atoms with Crippen LogP contribution in [0.3, 0.4) is 0 Å². The Hall–Kier alpha value is -2.38. The first kappa shape index (κ1) is 20.9. The van der Waals surface area contributed by atoms with Crippen molar-refractivity contribution in [3.05, 3.63) is 35.9 Å². The highest BCUT2D eigenvalue weighted by molar-refractivity contribution is 7.58. The Labute approximate surface area is 156 Å². The molecule has 0 spiro atoms. The van der Waals surface area contributed by atoms with Gasteiger partial charge in [-0.1, -0.05) is 30.3 Å². The van der Waals surface area contributed by atoms with Gasteiger partial charge in [0.1, 0.15) is 19.3 Å². The highest BCUT2D eigenvalue weighted by atomic mass is 31.2. The summed E-state index contributed by atoms with van der Waals surface area (Å²) in [6, 6.07) is 7.83. The molecule has 9 nitrogen and oxygen atoms in total. The topological polar surface area (TPSA) is 128 Å². The number of rotatable bonds is 8. The molecule has 2 N–H and O–H groups in total. The standard InChI is InChI=1S/C17H22NO8P/c1-24-16(20)14(7-8-27(22,23)13-9-15(19)25-11-13)18-17(21)26-10-12-5-3-2-4-6-12/h2-6,13-14H,7-11H2,1H3,(H,18,21)(H,22,23)/t13?,14-/m0/s1. The SMILES string of the molecule is COC(=O)[C@H](CCP(=O)(O)C1COC(=O)C1)NC(=O)OCc1ccccc1. The molecule has 0 radical (unpaired) electrons. The van der Waals surface area contributed by atoms with Crippen molar-refractivity contribution in [1.29, 1.82) is 0 Å². The maximum atomic E-state index is 12.4. The largest absolute Gasteiger partial charge is 0.467 e. The van der Waals surface area contributed by atoms with Gasteiger partial charge in [0.2, 0.25) is 7.37 Å². The number of carbonyl (C=O) groups is 3. The van der Waals surface area contributed by atoms with Crippen LogP contribution in [0.4, 0.5) is 4.79 Å². The van der Waals surface area contributed by atoms with Crippen LogP contribution in [-0.2, 0) is 35.0 Å². The zero-order valence-electron chi connectivity index (χ0n) is 14.8. The van der Waals surface area contributed by atoms with E-state index in [0.29, 0.717) is 0 Å². The maximum Gasteiger partial charge on any atom is 0.408 e. The quantitative estimate of drug-likeness (QED) is 0.382. The Morgan fingerprint density at radius 2 is 2.07 bits per heavy atom. The van der Waals surface area contributed by atoms with Crippen LogP contribution in [0.25, 0.3) is 0 Å². The minimum atomic E-state index is -3.73. The van der Waals surface area contributed by atoms with Gasteiger partial charge in [-0.15, -0.1) is 0 Å². The molecule has 0 saturated carbocycles. The molecule has 10 heteroatoms. The number of hydrogen-bond donors (Lipinski definition) is 2. The fourth-order valence-electron chi connectivity index (χ4n) is 2.55. The third-order valence-electron chi connectivity index (χ3n) is 4.14. The van der Waals surface area contributed by atoms with E-state index in [1.807, 2.05) is 6.07 Å². The van der Waals surface area contributed by atoms with Gasteiger partial charge < -0.3 is 24.4 Å². The molecule has 0 aromatic heterocycles. The number of carbonyl (C=O) groups excluding carboxylic acids is 3. The van der Waals surface area contributed by atoms with E-state index in [-0.39, 0.29) is 32.2 Å². The summed E-state index contributed by atoms with van der Waals surface area (Å²) in [7, 11) is -2.59. The summed E-state index contributed by atoms with van der Waals surface area (Å²) < 4.78 is 26.8. The molecule has 1 aromatic carbocycles. The number of ether oxygens (including phenoxy) is 3. The molecule has 2 rings (SSSR count). The van der Waals surface area contributed by atoms with Gasteiger partial charge in [0.05, 0.1) is 19.2 Å². The summed E-state index contributed by atoms with van der Waals surface area (Å²) in [5.74, 6) is -1.29. The molecule has 148 valence electrons. The number of nitrogens with one attached hydrogen (secondary N) is 1. The van der Waals surface area contributed by atoms with E-state index in [0.717, 1.165) is 12.7 Å². The van der Waals surface area contributed by atoms with Crippen LogP contribution in [0.1, 0.15) is 18.4 Å². The lowest BCUT2D eigenvalue weighted by molar-refractivity contribution is -0.143. The predicted molar refractivity (Wildman–Crippen MR) is 94.2 cm³/mol. The average molecular weight is 399 g/mol. The van der Waals surface area contributed by atoms with E-state index in [9.17, 15) is 23.8 Å². The van der Waals surface area contributed by atoms with E-state index in [1.54, 1.807) is 24.3 Å². The Balaban J connectivity index is 1.88. The summed E-state index contributed by atoms with van der Waals surface area (Å²) in [5, 5.41) is 2.34. The Morgan fingerprint density at radius 3 is 2.67 bits per heavy atom. The first-order valence-electron chi connectivity index (χ1n) is 8.34. The minimum absolute atomic E-state index is 0.0145. The van der Waals surface area contributed by atoms with E-state index < -0.39 is 37.1 Å². The lowest BCUT2D eigenvalue weighted by Crippen LogP contribution is -2.42. The molecule has 1 aliphatic heterocycles. The van der Waals surface area contributed by atoms with Crippen molar-refractivity contribution < 1.29 is 38.1 Å². The summed E-state index contributed by atoms with van der Waals surface area (Å²) in [6.45, 7) is -0.109. The third kappa shape index (κ3) is 6.37. The van der Waals surface area contributed by atoms with Crippen molar-refractivity contribution in [2.45, 2.75) is 31.1 Å². The van der Waals surface area contributed by atoms with Crippen molar-refractivity contribution in [2.24, 2.45) is 0 Å². The summed E-state index contributed by atoms with van der Waals surface area (Å²) in [4.78, 5) is 45.1. The molecule has 1 fully saturated rings. The van der Waals surface area contributed by atoms with Crippen LogP contribution in [-0.4, -0.2) is 54.5 Å². The lowest BCUT2D eigenvalue weighted by Gasteiger charge is -2.20. The minimum Gasteiger partial charge on any atom is -0.467 e. The highest BCUT2D eigenvalue weighted by Gasteiger charge is 2.39. The second kappa shape index (κ2) is 9.53. The number of cyclic esters (lactones) is 1. The lowest BCUT2D eigenvalue weighted by atomic mass is 10.2. The highest BCUT2D eigenvalue weighted by Crippen LogP contribution is 2.50. The molecular weight excluding hydrogens is 377 g/mol. The van der Waals surface area contributed by atoms with Crippen LogP contribution in [0.2, 0.25) is 0 Å². The second-order valence-electron chi connectivity index (χ2n) is 6.09. The van der Waals surface area contributed by atoms with Crippen molar-refractivity contribution in [3.8, 4) is 0 Å². The zero-order valence-corrected chi connectivity index (χ0v) is 15.7. The van der Waals surface area contributed by atoms with Crippen LogP contribution in [0.15, 0.2) is 30.3 Å². The summed E-state index contributed by atoms with van der Waals surface area (Å²) >= 11 is 0. The molecule has 0 aliphatic carbocycles. The van der Waals surface area contributed by atoms with E-state index in [4.69, 9.17) is 9.47 Å². The van der Waals surface area contributed by atoms with Crippen molar-refractivity contribution >= 4 is 25.4 Å². The van der Waals surface area contributed by atoms with Gasteiger partial charge in [-0.3, -0.25) is 9.36 Å². The number of alkyl carbamates (subject to hydrolysis) is 1. The molecule has 1 saturated heterocycles. The van der Waals surface area contributed by atoms with Crippen LogP contribution < -0.4 is 5.32 Å². The van der Waals surface area contributed by atoms with Gasteiger partial charge in [0.15, 0.2) is 0 Å². The van der Waals surface area contributed by atoms with Gasteiger partial charge in [-0.25, -0.2) is 9.59 Å². The molecule has 1 aliphatic rings. The van der Waals surface area contributed by atoms with Crippen LogP contribution in [0.5, 0.6) is 0 Å². The second-order valence-corrected chi connectivity index (χ2v) is 8.78. The van der Waals surface area contributed by atoms with E-state index in [2.05, 4.69) is 10.1 Å². The molecule has 27 heavy (non-hydrogen) atoms. The van der Waals surface area contributed by atoms with E-state index >= 15 is 0 Å². The van der Waals surface area contributed by atoms with E-state index in [1.165, 1.54) is 0 Å². The average Bonchev–Trinajstić information content (AvgIpc) is 3.11. The fraction of sp³-hybridized carbons (Fsp3) is 0.471. The zero-order chi connectivity index (χ0) is 19.9.